The molecule has 0 aromatic rings. The predicted molar refractivity (Wildman–Crippen MR) is 80.8 cm³/mol. The predicted octanol–water partition coefficient (Wildman–Crippen LogP) is 3.10. The van der Waals surface area contributed by atoms with Gasteiger partial charge in [-0.25, -0.2) is 4.79 Å². The van der Waals surface area contributed by atoms with Crippen molar-refractivity contribution in [3.8, 4) is 0 Å². The van der Waals surface area contributed by atoms with Crippen LogP contribution in [0.1, 0.15) is 59.8 Å². The van der Waals surface area contributed by atoms with Crippen LogP contribution in [0.3, 0.4) is 0 Å². The highest BCUT2D eigenvalue weighted by molar-refractivity contribution is 5.80. The van der Waals surface area contributed by atoms with Gasteiger partial charge in [-0.2, -0.15) is 0 Å². The Balaban J connectivity index is 4.18. The van der Waals surface area contributed by atoms with E-state index in [0.29, 0.717) is 6.54 Å². The monoisotopic (exact) mass is 286 g/mol. The Hall–Kier alpha value is -1.26. The van der Waals surface area contributed by atoms with Crippen LogP contribution in [0.25, 0.3) is 0 Å². The number of carbonyl (C=O) groups excluding carboxylic acids is 1. The van der Waals surface area contributed by atoms with Crippen LogP contribution in [0.5, 0.6) is 0 Å². The number of carbonyl (C=O) groups is 2. The maximum absolute atomic E-state index is 12.1. The van der Waals surface area contributed by atoms with Crippen molar-refractivity contribution in [3.05, 3.63) is 0 Å². The summed E-state index contributed by atoms with van der Waals surface area (Å²) in [5, 5.41) is 11.7. The molecule has 1 unspecified atom stereocenters. The van der Waals surface area contributed by atoms with Gasteiger partial charge in [0.1, 0.15) is 6.54 Å². The highest BCUT2D eigenvalue weighted by Crippen LogP contribution is 2.06. The summed E-state index contributed by atoms with van der Waals surface area (Å²) in [5.41, 5.74) is 0. The number of rotatable bonds is 10. The summed E-state index contributed by atoms with van der Waals surface area (Å²) in [7, 11) is 0. The molecule has 118 valence electrons. The van der Waals surface area contributed by atoms with Crippen LogP contribution in [0.4, 0.5) is 4.79 Å². The molecule has 5 heteroatoms. The Morgan fingerprint density at radius 2 is 1.80 bits per heavy atom. The van der Waals surface area contributed by atoms with Crippen LogP contribution < -0.4 is 5.32 Å². The lowest BCUT2D eigenvalue weighted by Gasteiger charge is -2.25. The molecule has 0 saturated carbocycles. The van der Waals surface area contributed by atoms with Crippen molar-refractivity contribution < 1.29 is 14.7 Å². The maximum atomic E-state index is 12.1. The standard InChI is InChI=1S/C15H30N2O3/c1-5-6-7-8-9-13(4)16-15(20)17(10-12(2)3)11-14(18)19/h12-13H,5-11H2,1-4H3,(H,16,20)(H,18,19). The van der Waals surface area contributed by atoms with Crippen molar-refractivity contribution in [2.75, 3.05) is 13.1 Å². The van der Waals surface area contributed by atoms with E-state index in [0.717, 1.165) is 12.8 Å². The second-order valence-corrected chi connectivity index (χ2v) is 5.87. The number of nitrogens with one attached hydrogen (secondary N) is 1. The third kappa shape index (κ3) is 9.64. The SMILES string of the molecule is CCCCCCC(C)NC(=O)N(CC(=O)O)CC(C)C. The number of urea groups is 1. The van der Waals surface area contributed by atoms with Crippen molar-refractivity contribution in [1.29, 1.82) is 0 Å². The minimum absolute atomic E-state index is 0.0859. The van der Waals surface area contributed by atoms with Gasteiger partial charge in [-0.3, -0.25) is 4.79 Å². The summed E-state index contributed by atoms with van der Waals surface area (Å²) >= 11 is 0. The Bertz CT molecular complexity index is 293. The third-order valence-corrected chi connectivity index (χ3v) is 3.06. The molecule has 0 saturated heterocycles. The molecule has 0 aromatic heterocycles. The molecule has 0 aliphatic rings. The number of carboxylic acid groups (broad SMARTS) is 1. The van der Waals surface area contributed by atoms with Crippen molar-refractivity contribution in [2.24, 2.45) is 5.92 Å². The number of hydrogen-bond donors (Lipinski definition) is 2. The molecule has 0 bridgehead atoms. The van der Waals surface area contributed by atoms with E-state index in [1.807, 2.05) is 20.8 Å². The van der Waals surface area contributed by atoms with Crippen LogP contribution in [-0.4, -0.2) is 41.1 Å². The van der Waals surface area contributed by atoms with E-state index in [1.54, 1.807) is 0 Å². The molecule has 0 aromatic carbocycles. The normalized spacial score (nSPS) is 12.2. The lowest BCUT2D eigenvalue weighted by Crippen LogP contribution is -2.47. The van der Waals surface area contributed by atoms with Gasteiger partial charge in [-0.15, -0.1) is 0 Å². The Morgan fingerprint density at radius 3 is 2.30 bits per heavy atom. The summed E-state index contributed by atoms with van der Waals surface area (Å²) in [5.74, 6) is -0.726. The molecule has 0 fully saturated rings. The minimum Gasteiger partial charge on any atom is -0.480 e. The number of aliphatic carboxylic acids is 1. The molecule has 0 spiro atoms. The fourth-order valence-electron chi connectivity index (χ4n) is 2.07. The van der Waals surface area contributed by atoms with Crippen LogP contribution in [0.15, 0.2) is 0 Å². The molecule has 0 aliphatic carbocycles. The van der Waals surface area contributed by atoms with E-state index >= 15 is 0 Å². The first-order chi connectivity index (χ1) is 9.36. The average molecular weight is 286 g/mol. The number of amides is 2. The van der Waals surface area contributed by atoms with Crippen LogP contribution in [0, 0.1) is 5.92 Å². The summed E-state index contributed by atoms with van der Waals surface area (Å²) in [6.45, 7) is 8.29. The molecule has 5 nitrogen and oxygen atoms in total. The van der Waals surface area contributed by atoms with Gasteiger partial charge < -0.3 is 15.3 Å². The number of unbranched alkanes of at least 4 members (excludes halogenated alkanes) is 3. The largest absolute Gasteiger partial charge is 0.480 e. The average Bonchev–Trinajstić information content (AvgIpc) is 2.32. The van der Waals surface area contributed by atoms with Crippen molar-refractivity contribution in [1.82, 2.24) is 10.2 Å². The maximum Gasteiger partial charge on any atom is 0.323 e. The van der Waals surface area contributed by atoms with E-state index in [9.17, 15) is 9.59 Å². The zero-order chi connectivity index (χ0) is 15.5. The molecule has 2 N–H and O–H groups in total. The fourth-order valence-corrected chi connectivity index (χ4v) is 2.07. The summed E-state index contributed by atoms with van der Waals surface area (Å²) in [4.78, 5) is 24.2. The molecule has 0 heterocycles. The second-order valence-electron chi connectivity index (χ2n) is 5.87. The van der Waals surface area contributed by atoms with E-state index in [1.165, 1.54) is 24.2 Å². The molecule has 0 rings (SSSR count). The lowest BCUT2D eigenvalue weighted by atomic mass is 10.1. The highest BCUT2D eigenvalue weighted by Gasteiger charge is 2.19. The van der Waals surface area contributed by atoms with E-state index in [-0.39, 0.29) is 24.5 Å². The molecule has 0 radical (unpaired) electrons. The van der Waals surface area contributed by atoms with Gasteiger partial charge in [0.25, 0.3) is 0 Å². The summed E-state index contributed by atoms with van der Waals surface area (Å²) < 4.78 is 0. The lowest BCUT2D eigenvalue weighted by molar-refractivity contribution is -0.137. The fraction of sp³-hybridized carbons (Fsp3) is 0.867. The first kappa shape index (κ1) is 18.7. The Morgan fingerprint density at radius 1 is 1.15 bits per heavy atom. The van der Waals surface area contributed by atoms with Crippen molar-refractivity contribution in [3.63, 3.8) is 0 Å². The van der Waals surface area contributed by atoms with Crippen molar-refractivity contribution in [2.45, 2.75) is 65.8 Å². The molecule has 0 aliphatic heterocycles. The highest BCUT2D eigenvalue weighted by atomic mass is 16.4. The first-order valence-corrected chi connectivity index (χ1v) is 7.64. The topological polar surface area (TPSA) is 69.6 Å². The van der Waals surface area contributed by atoms with Crippen molar-refractivity contribution >= 4 is 12.0 Å². The van der Waals surface area contributed by atoms with Crippen LogP contribution in [-0.2, 0) is 4.79 Å². The molecular weight excluding hydrogens is 256 g/mol. The van der Waals surface area contributed by atoms with Gasteiger partial charge in [-0.1, -0.05) is 46.5 Å². The zero-order valence-corrected chi connectivity index (χ0v) is 13.3. The van der Waals surface area contributed by atoms with Gasteiger partial charge in [0, 0.05) is 12.6 Å². The Labute approximate surface area is 122 Å². The number of hydrogen-bond acceptors (Lipinski definition) is 2. The van der Waals surface area contributed by atoms with E-state index in [2.05, 4.69) is 12.2 Å². The van der Waals surface area contributed by atoms with E-state index < -0.39 is 5.97 Å². The Kier molecular flexibility index (Phi) is 9.86. The molecule has 2 amide bonds. The summed E-state index contributed by atoms with van der Waals surface area (Å²) in [6.07, 6.45) is 5.63. The quantitative estimate of drug-likeness (QED) is 0.606. The molecule has 1 atom stereocenters. The van der Waals surface area contributed by atoms with Gasteiger partial charge in [0.15, 0.2) is 0 Å². The van der Waals surface area contributed by atoms with Gasteiger partial charge in [0.05, 0.1) is 0 Å². The van der Waals surface area contributed by atoms with E-state index in [4.69, 9.17) is 5.11 Å². The minimum atomic E-state index is -0.976. The van der Waals surface area contributed by atoms with Gasteiger partial charge in [0.2, 0.25) is 0 Å². The number of carboxylic acids is 1. The zero-order valence-electron chi connectivity index (χ0n) is 13.3. The van der Waals surface area contributed by atoms with Crippen LogP contribution >= 0.6 is 0 Å². The van der Waals surface area contributed by atoms with Crippen LogP contribution in [0.2, 0.25) is 0 Å². The molecular formula is C15H30N2O3. The van der Waals surface area contributed by atoms with Gasteiger partial charge >= 0.3 is 12.0 Å². The number of nitrogens with zero attached hydrogens (tertiary/aromatic N) is 1. The summed E-state index contributed by atoms with van der Waals surface area (Å²) in [6, 6.07) is -0.188. The first-order valence-electron chi connectivity index (χ1n) is 7.64. The van der Waals surface area contributed by atoms with Gasteiger partial charge in [-0.05, 0) is 19.3 Å². The molecule has 20 heavy (non-hydrogen) atoms. The third-order valence-electron chi connectivity index (χ3n) is 3.06. The smallest absolute Gasteiger partial charge is 0.323 e. The second kappa shape index (κ2) is 10.5.